The lowest BCUT2D eigenvalue weighted by atomic mass is 10.0. The Morgan fingerprint density at radius 1 is 1.32 bits per heavy atom. The van der Waals surface area contributed by atoms with Crippen molar-refractivity contribution in [1.82, 2.24) is 14.8 Å². The van der Waals surface area contributed by atoms with Gasteiger partial charge in [-0.05, 0) is 38.0 Å². The first-order valence-electron chi connectivity index (χ1n) is 6.33. The van der Waals surface area contributed by atoms with Crippen LogP contribution in [0.4, 0.5) is 0 Å². The molecule has 0 aromatic carbocycles. The lowest BCUT2D eigenvalue weighted by Crippen LogP contribution is -2.20. The van der Waals surface area contributed by atoms with Gasteiger partial charge in [0.2, 0.25) is 0 Å². The number of nitrogens with zero attached hydrogens (tertiary/aromatic N) is 3. The minimum atomic E-state index is -0.275. The number of aromatic nitrogens is 3. The summed E-state index contributed by atoms with van der Waals surface area (Å²) in [6.07, 6.45) is 5.29. The molecule has 0 aliphatic heterocycles. The van der Waals surface area contributed by atoms with Crippen LogP contribution in [0.3, 0.4) is 0 Å². The van der Waals surface area contributed by atoms with E-state index in [9.17, 15) is 0 Å². The van der Waals surface area contributed by atoms with Crippen molar-refractivity contribution in [3.05, 3.63) is 41.5 Å². The molecule has 0 aliphatic carbocycles. The number of methoxy groups -OCH3 is 1. The number of hydrogen-bond donors (Lipinski definition) is 1. The quantitative estimate of drug-likeness (QED) is 0.915. The third-order valence-electron chi connectivity index (χ3n) is 3.20. The van der Waals surface area contributed by atoms with Gasteiger partial charge >= 0.3 is 0 Å². The third-order valence-corrected chi connectivity index (χ3v) is 3.20. The average Bonchev–Trinajstić information content (AvgIpc) is 2.82. The molecule has 0 bridgehead atoms. The Balaban J connectivity index is 2.52. The molecule has 2 N–H and O–H groups in total. The smallest absolute Gasteiger partial charge is 0.161 e. The standard InChI is InChI=1S/C14H20N4O/c1-9(2)18-14(12(19-4)8-17-18)13(15)11-5-6-16-7-10(11)3/h5-9,13H,15H2,1-4H3. The van der Waals surface area contributed by atoms with Gasteiger partial charge in [-0.25, -0.2) is 0 Å². The fourth-order valence-corrected chi connectivity index (χ4v) is 2.20. The Labute approximate surface area is 113 Å². The third kappa shape index (κ3) is 2.46. The van der Waals surface area contributed by atoms with Gasteiger partial charge in [-0.1, -0.05) is 0 Å². The Morgan fingerprint density at radius 3 is 2.63 bits per heavy atom. The number of hydrogen-bond acceptors (Lipinski definition) is 4. The molecule has 2 aromatic rings. The molecule has 5 nitrogen and oxygen atoms in total. The summed E-state index contributed by atoms with van der Waals surface area (Å²) in [5.41, 5.74) is 9.40. The first kappa shape index (κ1) is 13.5. The van der Waals surface area contributed by atoms with Gasteiger partial charge in [0.05, 0.1) is 19.3 Å². The first-order valence-corrected chi connectivity index (χ1v) is 6.33. The molecule has 0 saturated carbocycles. The summed E-state index contributed by atoms with van der Waals surface area (Å²) in [4.78, 5) is 4.10. The molecule has 0 radical (unpaired) electrons. The van der Waals surface area contributed by atoms with Gasteiger partial charge in [0.1, 0.15) is 5.69 Å². The molecular formula is C14H20N4O. The van der Waals surface area contributed by atoms with E-state index in [0.717, 1.165) is 22.6 Å². The summed E-state index contributed by atoms with van der Waals surface area (Å²) in [5.74, 6) is 0.720. The normalized spacial score (nSPS) is 12.7. The van der Waals surface area contributed by atoms with Gasteiger partial charge in [-0.15, -0.1) is 0 Å². The predicted molar refractivity (Wildman–Crippen MR) is 74.2 cm³/mol. The number of rotatable bonds is 4. The van der Waals surface area contributed by atoms with Crippen molar-refractivity contribution in [1.29, 1.82) is 0 Å². The summed E-state index contributed by atoms with van der Waals surface area (Å²) < 4.78 is 7.29. The van der Waals surface area contributed by atoms with Gasteiger partial charge in [-0.2, -0.15) is 5.10 Å². The molecule has 19 heavy (non-hydrogen) atoms. The molecule has 2 aromatic heterocycles. The molecule has 1 unspecified atom stereocenters. The van der Waals surface area contributed by atoms with Crippen LogP contribution in [0, 0.1) is 6.92 Å². The SMILES string of the molecule is COc1cnn(C(C)C)c1C(N)c1ccncc1C. The maximum atomic E-state index is 6.41. The average molecular weight is 260 g/mol. The molecule has 0 amide bonds. The summed E-state index contributed by atoms with van der Waals surface area (Å²) in [7, 11) is 1.64. The zero-order valence-electron chi connectivity index (χ0n) is 11.8. The van der Waals surface area contributed by atoms with Crippen molar-refractivity contribution >= 4 is 0 Å². The van der Waals surface area contributed by atoms with E-state index < -0.39 is 0 Å². The maximum Gasteiger partial charge on any atom is 0.161 e. The highest BCUT2D eigenvalue weighted by molar-refractivity contribution is 5.38. The molecule has 1 atom stereocenters. The fraction of sp³-hybridized carbons (Fsp3) is 0.429. The van der Waals surface area contributed by atoms with Crippen LogP contribution in [-0.4, -0.2) is 21.9 Å². The first-order chi connectivity index (χ1) is 9.06. The van der Waals surface area contributed by atoms with Crippen molar-refractivity contribution in [2.24, 2.45) is 5.73 Å². The van der Waals surface area contributed by atoms with E-state index >= 15 is 0 Å². The van der Waals surface area contributed by atoms with E-state index in [1.807, 2.05) is 23.9 Å². The molecule has 0 saturated heterocycles. The Hall–Kier alpha value is -1.88. The summed E-state index contributed by atoms with van der Waals surface area (Å²) in [6.45, 7) is 6.15. The number of pyridine rings is 1. The lowest BCUT2D eigenvalue weighted by Gasteiger charge is -2.19. The van der Waals surface area contributed by atoms with Crippen LogP contribution in [0.1, 0.15) is 42.8 Å². The Bertz CT molecular complexity index is 562. The summed E-state index contributed by atoms with van der Waals surface area (Å²) >= 11 is 0. The molecule has 5 heteroatoms. The van der Waals surface area contributed by atoms with Gasteiger partial charge in [0, 0.05) is 18.4 Å². The van der Waals surface area contributed by atoms with Crippen molar-refractivity contribution in [2.75, 3.05) is 7.11 Å². The predicted octanol–water partition coefficient (Wildman–Crippen LogP) is 2.22. The van der Waals surface area contributed by atoms with Crippen LogP contribution in [0.15, 0.2) is 24.7 Å². The van der Waals surface area contributed by atoms with Crippen LogP contribution >= 0.6 is 0 Å². The van der Waals surface area contributed by atoms with E-state index in [2.05, 4.69) is 23.9 Å². The number of nitrogens with two attached hydrogens (primary N) is 1. The van der Waals surface area contributed by atoms with Crippen LogP contribution in [-0.2, 0) is 0 Å². The topological polar surface area (TPSA) is 66.0 Å². The van der Waals surface area contributed by atoms with E-state index in [4.69, 9.17) is 10.5 Å². The highest BCUT2D eigenvalue weighted by Gasteiger charge is 2.22. The van der Waals surface area contributed by atoms with Crippen molar-refractivity contribution in [3.63, 3.8) is 0 Å². The maximum absolute atomic E-state index is 6.41. The van der Waals surface area contributed by atoms with E-state index in [1.165, 1.54) is 0 Å². The van der Waals surface area contributed by atoms with E-state index in [-0.39, 0.29) is 12.1 Å². The molecular weight excluding hydrogens is 240 g/mol. The largest absolute Gasteiger partial charge is 0.493 e. The highest BCUT2D eigenvalue weighted by Crippen LogP contribution is 2.31. The molecule has 0 aliphatic rings. The lowest BCUT2D eigenvalue weighted by molar-refractivity contribution is 0.401. The highest BCUT2D eigenvalue weighted by atomic mass is 16.5. The van der Waals surface area contributed by atoms with Crippen LogP contribution in [0.2, 0.25) is 0 Å². The minimum absolute atomic E-state index is 0.229. The van der Waals surface area contributed by atoms with E-state index in [0.29, 0.717) is 0 Å². The number of aryl methyl sites for hydroxylation is 1. The second-order valence-corrected chi connectivity index (χ2v) is 4.85. The fourth-order valence-electron chi connectivity index (χ4n) is 2.20. The van der Waals surface area contributed by atoms with Crippen molar-refractivity contribution in [3.8, 4) is 5.75 Å². The Kier molecular flexibility index (Phi) is 3.85. The second kappa shape index (κ2) is 5.40. The molecule has 0 spiro atoms. The molecule has 2 heterocycles. The van der Waals surface area contributed by atoms with E-state index in [1.54, 1.807) is 19.5 Å². The monoisotopic (exact) mass is 260 g/mol. The molecule has 2 rings (SSSR count). The minimum Gasteiger partial charge on any atom is -0.493 e. The zero-order valence-corrected chi connectivity index (χ0v) is 11.8. The Morgan fingerprint density at radius 2 is 2.05 bits per heavy atom. The van der Waals surface area contributed by atoms with Gasteiger partial charge < -0.3 is 10.5 Å². The van der Waals surface area contributed by atoms with Gasteiger partial charge in [0.25, 0.3) is 0 Å². The van der Waals surface area contributed by atoms with Crippen molar-refractivity contribution in [2.45, 2.75) is 32.9 Å². The zero-order chi connectivity index (χ0) is 14.0. The molecule has 102 valence electrons. The van der Waals surface area contributed by atoms with Crippen LogP contribution in [0.25, 0.3) is 0 Å². The molecule has 0 fully saturated rings. The van der Waals surface area contributed by atoms with Gasteiger partial charge in [0.15, 0.2) is 5.75 Å². The number of ether oxygens (including phenoxy) is 1. The second-order valence-electron chi connectivity index (χ2n) is 4.85. The summed E-state index contributed by atoms with van der Waals surface area (Å²) in [5, 5.41) is 4.36. The van der Waals surface area contributed by atoms with Crippen molar-refractivity contribution < 1.29 is 4.74 Å². The summed E-state index contributed by atoms with van der Waals surface area (Å²) in [6, 6.07) is 1.90. The van der Waals surface area contributed by atoms with Gasteiger partial charge in [-0.3, -0.25) is 9.67 Å². The van der Waals surface area contributed by atoms with Crippen LogP contribution < -0.4 is 10.5 Å². The van der Waals surface area contributed by atoms with Crippen LogP contribution in [0.5, 0.6) is 5.75 Å².